The maximum absolute atomic E-state index is 13.0. The van der Waals surface area contributed by atoms with Gasteiger partial charge >= 0.3 is 0 Å². The van der Waals surface area contributed by atoms with Crippen LogP contribution < -0.4 is 0 Å². The lowest BCUT2D eigenvalue weighted by atomic mass is 10.1. The number of halogens is 1. The molecule has 1 saturated heterocycles. The largest absolute Gasteiger partial charge is 0.337 e. The van der Waals surface area contributed by atoms with Crippen molar-refractivity contribution in [2.45, 2.75) is 30.0 Å². The first kappa shape index (κ1) is 17.8. The van der Waals surface area contributed by atoms with Gasteiger partial charge in [-0.1, -0.05) is 35.0 Å². The molecule has 0 radical (unpaired) electrons. The number of aromatic nitrogens is 2. The zero-order chi connectivity index (χ0) is 18.3. The first-order chi connectivity index (χ1) is 12.4. The minimum Gasteiger partial charge on any atom is -0.337 e. The molecular weight excluding hydrogens is 438 g/mol. The average molecular weight is 454 g/mol. The van der Waals surface area contributed by atoms with E-state index in [-0.39, 0.29) is 0 Å². The number of rotatable bonds is 4. The van der Waals surface area contributed by atoms with Crippen LogP contribution in [-0.2, 0) is 10.0 Å². The molecule has 4 rings (SSSR count). The first-order valence-electron chi connectivity index (χ1n) is 8.13. The fourth-order valence-electron chi connectivity index (χ4n) is 3.02. The highest BCUT2D eigenvalue weighted by Crippen LogP contribution is 2.38. The Bertz CT molecular complexity index is 1030. The molecule has 0 N–H and O–H groups in total. The number of thiophene rings is 1. The summed E-state index contributed by atoms with van der Waals surface area (Å²) in [5, 5.41) is 4.04. The SMILES string of the molecule is Cc1ccc(-c2noc([C@@H]3CCCN3S(=O)(=O)c3ccc(Br)s3)n2)cc1. The highest BCUT2D eigenvalue weighted by Gasteiger charge is 2.40. The first-order valence-corrected chi connectivity index (χ1v) is 11.2. The van der Waals surface area contributed by atoms with Gasteiger partial charge in [-0.25, -0.2) is 8.42 Å². The van der Waals surface area contributed by atoms with Crippen LogP contribution in [0.3, 0.4) is 0 Å². The Labute approximate surface area is 164 Å². The zero-order valence-electron chi connectivity index (χ0n) is 13.9. The van der Waals surface area contributed by atoms with Crippen LogP contribution in [0.25, 0.3) is 11.4 Å². The van der Waals surface area contributed by atoms with Crippen molar-refractivity contribution in [1.29, 1.82) is 0 Å². The molecule has 6 nitrogen and oxygen atoms in total. The van der Waals surface area contributed by atoms with E-state index in [2.05, 4.69) is 26.1 Å². The molecule has 0 unspecified atom stereocenters. The quantitative estimate of drug-likeness (QED) is 0.584. The van der Waals surface area contributed by atoms with Gasteiger partial charge in [0.25, 0.3) is 10.0 Å². The van der Waals surface area contributed by atoms with Crippen molar-refractivity contribution in [3.8, 4) is 11.4 Å². The Morgan fingerprint density at radius 1 is 1.23 bits per heavy atom. The van der Waals surface area contributed by atoms with Gasteiger partial charge in [-0.3, -0.25) is 0 Å². The molecule has 9 heteroatoms. The Morgan fingerprint density at radius 3 is 2.69 bits per heavy atom. The Kier molecular flexibility index (Phi) is 4.72. The van der Waals surface area contributed by atoms with Crippen molar-refractivity contribution in [3.63, 3.8) is 0 Å². The molecule has 26 heavy (non-hydrogen) atoms. The Balaban J connectivity index is 1.64. The maximum Gasteiger partial charge on any atom is 0.253 e. The van der Waals surface area contributed by atoms with Gasteiger partial charge in [0.2, 0.25) is 11.7 Å². The van der Waals surface area contributed by atoms with E-state index in [0.717, 1.165) is 21.3 Å². The number of sulfonamides is 1. The van der Waals surface area contributed by atoms with E-state index in [1.165, 1.54) is 15.6 Å². The van der Waals surface area contributed by atoms with E-state index < -0.39 is 16.1 Å². The third-order valence-electron chi connectivity index (χ3n) is 4.35. The summed E-state index contributed by atoms with van der Waals surface area (Å²) in [6.45, 7) is 2.46. The van der Waals surface area contributed by atoms with Gasteiger partial charge in [-0.2, -0.15) is 9.29 Å². The fraction of sp³-hybridized carbons (Fsp3) is 0.294. The predicted molar refractivity (Wildman–Crippen MR) is 102 cm³/mol. The minimum absolute atomic E-state index is 0.314. The Morgan fingerprint density at radius 2 is 2.00 bits per heavy atom. The summed E-state index contributed by atoms with van der Waals surface area (Å²) < 4.78 is 33.9. The molecule has 1 atom stereocenters. The van der Waals surface area contributed by atoms with Gasteiger partial charge in [0.1, 0.15) is 10.3 Å². The number of nitrogens with zero attached hydrogens (tertiary/aromatic N) is 3. The second-order valence-electron chi connectivity index (χ2n) is 6.15. The van der Waals surface area contributed by atoms with Gasteiger partial charge in [0.15, 0.2) is 0 Å². The summed E-state index contributed by atoms with van der Waals surface area (Å²) >= 11 is 4.52. The molecular formula is C17H16BrN3O3S2. The second-order valence-corrected chi connectivity index (χ2v) is 10.7. The van der Waals surface area contributed by atoms with Crippen LogP contribution in [0, 0.1) is 6.92 Å². The minimum atomic E-state index is -3.58. The lowest BCUT2D eigenvalue weighted by molar-refractivity contribution is 0.291. The number of aryl methyl sites for hydroxylation is 1. The lowest BCUT2D eigenvalue weighted by Gasteiger charge is -2.20. The van der Waals surface area contributed by atoms with Crippen molar-refractivity contribution in [2.75, 3.05) is 6.54 Å². The van der Waals surface area contributed by atoms with Crippen molar-refractivity contribution in [1.82, 2.24) is 14.4 Å². The van der Waals surface area contributed by atoms with E-state index in [4.69, 9.17) is 4.52 Å². The van der Waals surface area contributed by atoms with E-state index >= 15 is 0 Å². The highest BCUT2D eigenvalue weighted by atomic mass is 79.9. The topological polar surface area (TPSA) is 76.3 Å². The van der Waals surface area contributed by atoms with E-state index in [1.54, 1.807) is 12.1 Å². The summed E-state index contributed by atoms with van der Waals surface area (Å²) in [6, 6.07) is 10.7. The number of hydrogen-bond donors (Lipinski definition) is 0. The van der Waals surface area contributed by atoms with Crippen LogP contribution in [0.5, 0.6) is 0 Å². The zero-order valence-corrected chi connectivity index (χ0v) is 17.1. The molecule has 2 aromatic heterocycles. The van der Waals surface area contributed by atoms with Gasteiger partial charge < -0.3 is 4.52 Å². The molecule has 0 saturated carbocycles. The molecule has 136 valence electrons. The third kappa shape index (κ3) is 3.24. The van der Waals surface area contributed by atoms with Gasteiger partial charge in [0.05, 0.1) is 3.79 Å². The molecule has 0 amide bonds. The van der Waals surface area contributed by atoms with E-state index in [0.29, 0.717) is 28.9 Å². The fourth-order valence-corrected chi connectivity index (χ4v) is 6.81. The standard InChI is InChI=1S/C17H16BrN3O3S2/c1-11-4-6-12(7-5-11)16-19-17(24-20-16)13-3-2-10-21(13)26(22,23)15-9-8-14(18)25-15/h4-9,13H,2-3,10H2,1H3/t13-/m0/s1. The molecule has 3 aromatic rings. The molecule has 0 bridgehead atoms. The molecule has 1 aliphatic rings. The summed E-state index contributed by atoms with van der Waals surface area (Å²) in [4.78, 5) is 4.47. The van der Waals surface area contributed by atoms with Crippen LogP contribution in [0.4, 0.5) is 0 Å². The smallest absolute Gasteiger partial charge is 0.253 e. The Hall–Kier alpha value is -1.55. The van der Waals surface area contributed by atoms with Crippen LogP contribution in [0.15, 0.2) is 48.9 Å². The van der Waals surface area contributed by atoms with Crippen molar-refractivity contribution < 1.29 is 12.9 Å². The van der Waals surface area contributed by atoms with Gasteiger partial charge in [-0.15, -0.1) is 11.3 Å². The predicted octanol–water partition coefficient (Wildman–Crippen LogP) is 4.39. The molecule has 0 aliphatic carbocycles. The van der Waals surface area contributed by atoms with Crippen LogP contribution in [0.2, 0.25) is 0 Å². The molecule has 1 aromatic carbocycles. The lowest BCUT2D eigenvalue weighted by Crippen LogP contribution is -2.30. The molecule has 0 spiro atoms. The number of benzene rings is 1. The van der Waals surface area contributed by atoms with Crippen LogP contribution in [0.1, 0.15) is 30.3 Å². The second kappa shape index (κ2) is 6.88. The van der Waals surface area contributed by atoms with Crippen molar-refractivity contribution in [3.05, 3.63) is 51.6 Å². The van der Waals surface area contributed by atoms with Crippen molar-refractivity contribution >= 4 is 37.3 Å². The third-order valence-corrected chi connectivity index (χ3v) is 8.35. The monoisotopic (exact) mass is 453 g/mol. The summed E-state index contributed by atoms with van der Waals surface area (Å²) in [7, 11) is -3.58. The van der Waals surface area contributed by atoms with E-state index in [9.17, 15) is 8.42 Å². The molecule has 1 aliphatic heterocycles. The van der Waals surface area contributed by atoms with E-state index in [1.807, 2.05) is 31.2 Å². The maximum atomic E-state index is 13.0. The van der Waals surface area contributed by atoms with Crippen molar-refractivity contribution in [2.24, 2.45) is 0 Å². The average Bonchev–Trinajstić information content (AvgIpc) is 3.35. The highest BCUT2D eigenvalue weighted by molar-refractivity contribution is 9.11. The van der Waals surface area contributed by atoms with Crippen LogP contribution in [-0.4, -0.2) is 29.4 Å². The van der Waals surface area contributed by atoms with Gasteiger partial charge in [0, 0.05) is 12.1 Å². The molecule has 3 heterocycles. The normalized spacial score (nSPS) is 18.5. The summed E-state index contributed by atoms with van der Waals surface area (Å²) in [5.74, 6) is 0.820. The summed E-state index contributed by atoms with van der Waals surface area (Å²) in [5.41, 5.74) is 1.99. The molecule has 1 fully saturated rings. The van der Waals surface area contributed by atoms with Crippen LogP contribution >= 0.6 is 27.3 Å². The summed E-state index contributed by atoms with van der Waals surface area (Å²) in [6.07, 6.45) is 1.43. The van der Waals surface area contributed by atoms with Gasteiger partial charge in [-0.05, 0) is 47.8 Å². The number of hydrogen-bond acceptors (Lipinski definition) is 6.